The summed E-state index contributed by atoms with van der Waals surface area (Å²) in [6, 6.07) is 16.8. The molecular formula is C20H24N2O4S. The Kier molecular flexibility index (Phi) is 6.26. The monoisotopic (exact) mass is 388 g/mol. The molecule has 1 aliphatic rings. The molecule has 6 nitrogen and oxygen atoms in total. The largest absolute Gasteiger partial charge is 0.365 e. The van der Waals surface area contributed by atoms with Gasteiger partial charge in [-0.25, -0.2) is 13.1 Å². The van der Waals surface area contributed by atoms with Crippen molar-refractivity contribution in [3.63, 3.8) is 0 Å². The molecule has 1 aliphatic heterocycles. The summed E-state index contributed by atoms with van der Waals surface area (Å²) in [6.45, 7) is 2.47. The van der Waals surface area contributed by atoms with E-state index in [2.05, 4.69) is 11.6 Å². The van der Waals surface area contributed by atoms with Crippen molar-refractivity contribution in [3.8, 4) is 0 Å². The van der Waals surface area contributed by atoms with Crippen LogP contribution in [0.1, 0.15) is 18.1 Å². The Bertz CT molecular complexity index is 867. The number of ether oxygens (including phenoxy) is 1. The number of morpholine rings is 1. The van der Waals surface area contributed by atoms with Crippen molar-refractivity contribution in [2.45, 2.75) is 25.2 Å². The predicted octanol–water partition coefficient (Wildman–Crippen LogP) is 2.10. The van der Waals surface area contributed by atoms with Gasteiger partial charge in [-0.3, -0.25) is 4.79 Å². The molecule has 1 N–H and O–H groups in total. The molecular weight excluding hydrogens is 364 g/mol. The molecule has 1 unspecified atom stereocenters. The average Bonchev–Trinajstić information content (AvgIpc) is 2.68. The zero-order valence-electron chi connectivity index (χ0n) is 15.3. The number of nitrogens with one attached hydrogen (secondary N) is 1. The molecule has 0 radical (unpaired) electrons. The number of amides is 1. The summed E-state index contributed by atoms with van der Waals surface area (Å²) in [5.41, 5.74) is 2.73. The van der Waals surface area contributed by atoms with E-state index in [1.807, 2.05) is 42.5 Å². The maximum absolute atomic E-state index is 12.3. The smallest absolute Gasteiger partial charge is 0.253 e. The van der Waals surface area contributed by atoms with Crippen molar-refractivity contribution in [3.05, 3.63) is 65.7 Å². The number of hydrogen-bond donors (Lipinski definition) is 1. The second-order valence-corrected chi connectivity index (χ2v) is 8.36. The van der Waals surface area contributed by atoms with Crippen LogP contribution in [0.25, 0.3) is 0 Å². The first-order chi connectivity index (χ1) is 13.0. The quantitative estimate of drug-likeness (QED) is 0.788. The lowest BCUT2D eigenvalue weighted by atomic mass is 10.1. The van der Waals surface area contributed by atoms with Crippen molar-refractivity contribution in [2.75, 3.05) is 24.6 Å². The first kappa shape index (κ1) is 19.5. The normalized spacial score (nSPS) is 17.9. The maximum Gasteiger partial charge on any atom is 0.253 e. The zero-order chi connectivity index (χ0) is 19.3. The Morgan fingerprint density at radius 1 is 1.07 bits per heavy atom. The molecule has 2 aromatic carbocycles. The number of carbonyl (C=O) groups excluding carboxylic acids is 1. The van der Waals surface area contributed by atoms with Gasteiger partial charge < -0.3 is 9.64 Å². The van der Waals surface area contributed by atoms with Crippen molar-refractivity contribution in [1.82, 2.24) is 4.72 Å². The van der Waals surface area contributed by atoms with Crippen LogP contribution < -0.4 is 9.62 Å². The molecule has 0 bridgehead atoms. The first-order valence-electron chi connectivity index (χ1n) is 8.99. The Balaban J connectivity index is 1.59. The number of nitrogens with zero attached hydrogens (tertiary/aromatic N) is 1. The molecule has 0 aliphatic carbocycles. The summed E-state index contributed by atoms with van der Waals surface area (Å²) < 4.78 is 32.7. The summed E-state index contributed by atoms with van der Waals surface area (Å²) in [7, 11) is -3.47. The van der Waals surface area contributed by atoms with Crippen LogP contribution in [-0.2, 0) is 31.7 Å². The van der Waals surface area contributed by atoms with Gasteiger partial charge in [0.1, 0.15) is 6.61 Å². The van der Waals surface area contributed by atoms with Crippen molar-refractivity contribution < 1.29 is 17.9 Å². The minimum Gasteiger partial charge on any atom is -0.365 e. The number of benzene rings is 2. The Morgan fingerprint density at radius 2 is 1.78 bits per heavy atom. The van der Waals surface area contributed by atoms with E-state index in [0.29, 0.717) is 6.54 Å². The number of rotatable bonds is 7. The van der Waals surface area contributed by atoms with Crippen LogP contribution in [0.4, 0.5) is 5.69 Å². The fourth-order valence-electron chi connectivity index (χ4n) is 2.97. The summed E-state index contributed by atoms with van der Waals surface area (Å²) in [6.07, 6.45) is 0.544. The lowest BCUT2D eigenvalue weighted by Gasteiger charge is -2.33. The van der Waals surface area contributed by atoms with Crippen molar-refractivity contribution >= 4 is 21.6 Å². The first-order valence-corrected chi connectivity index (χ1v) is 10.6. The molecule has 144 valence electrons. The maximum atomic E-state index is 12.3. The van der Waals surface area contributed by atoms with Crippen LogP contribution in [0.3, 0.4) is 0 Å². The molecule has 1 amide bonds. The van der Waals surface area contributed by atoms with Gasteiger partial charge in [-0.2, -0.15) is 0 Å². The van der Waals surface area contributed by atoms with E-state index in [0.717, 1.165) is 17.7 Å². The van der Waals surface area contributed by atoms with Crippen LogP contribution in [0.15, 0.2) is 54.6 Å². The van der Waals surface area contributed by atoms with Crippen LogP contribution in [-0.4, -0.2) is 40.1 Å². The van der Waals surface area contributed by atoms with Gasteiger partial charge >= 0.3 is 0 Å². The highest BCUT2D eigenvalue weighted by atomic mass is 32.2. The minimum atomic E-state index is -3.47. The third kappa shape index (κ3) is 5.38. The van der Waals surface area contributed by atoms with E-state index in [9.17, 15) is 13.2 Å². The van der Waals surface area contributed by atoms with Crippen LogP contribution >= 0.6 is 0 Å². The van der Waals surface area contributed by atoms with Gasteiger partial charge in [0.2, 0.25) is 10.0 Å². The van der Waals surface area contributed by atoms with E-state index in [-0.39, 0.29) is 30.9 Å². The van der Waals surface area contributed by atoms with E-state index < -0.39 is 10.0 Å². The molecule has 1 atom stereocenters. The number of sulfonamides is 1. The number of aryl methyl sites for hydroxylation is 1. The van der Waals surface area contributed by atoms with E-state index in [1.165, 1.54) is 5.56 Å². The molecule has 1 saturated heterocycles. The highest BCUT2D eigenvalue weighted by molar-refractivity contribution is 7.88. The molecule has 1 heterocycles. The molecule has 0 saturated carbocycles. The third-order valence-corrected chi connectivity index (χ3v) is 5.84. The Labute approximate surface area is 160 Å². The van der Waals surface area contributed by atoms with Gasteiger partial charge in [0.15, 0.2) is 0 Å². The summed E-state index contributed by atoms with van der Waals surface area (Å²) in [5, 5.41) is 0. The fourth-order valence-corrected chi connectivity index (χ4v) is 4.15. The predicted molar refractivity (Wildman–Crippen MR) is 105 cm³/mol. The number of hydrogen-bond acceptors (Lipinski definition) is 4. The van der Waals surface area contributed by atoms with Gasteiger partial charge in [-0.1, -0.05) is 49.4 Å². The number of anilines is 1. The number of carbonyl (C=O) groups is 1. The summed E-state index contributed by atoms with van der Waals surface area (Å²) >= 11 is 0. The highest BCUT2D eigenvalue weighted by Crippen LogP contribution is 2.19. The molecule has 7 heteroatoms. The third-order valence-electron chi connectivity index (χ3n) is 4.52. The van der Waals surface area contributed by atoms with E-state index in [4.69, 9.17) is 4.74 Å². The molecule has 0 spiro atoms. The lowest BCUT2D eigenvalue weighted by Crippen LogP contribution is -2.50. The minimum absolute atomic E-state index is 0.0550. The van der Waals surface area contributed by atoms with Gasteiger partial charge in [0, 0.05) is 12.2 Å². The lowest BCUT2D eigenvalue weighted by molar-refractivity contribution is -0.129. The highest BCUT2D eigenvalue weighted by Gasteiger charge is 2.28. The van der Waals surface area contributed by atoms with Gasteiger partial charge in [0.05, 0.1) is 18.4 Å². The second kappa shape index (κ2) is 8.65. The molecule has 1 fully saturated rings. The van der Waals surface area contributed by atoms with Gasteiger partial charge in [0.25, 0.3) is 5.91 Å². The fraction of sp³-hybridized carbons (Fsp3) is 0.350. The van der Waals surface area contributed by atoms with Crippen LogP contribution in [0, 0.1) is 0 Å². The molecule has 2 aromatic rings. The molecule has 0 aromatic heterocycles. The topological polar surface area (TPSA) is 75.7 Å². The van der Waals surface area contributed by atoms with Crippen molar-refractivity contribution in [1.29, 1.82) is 0 Å². The van der Waals surface area contributed by atoms with E-state index >= 15 is 0 Å². The van der Waals surface area contributed by atoms with E-state index in [1.54, 1.807) is 17.0 Å². The molecule has 27 heavy (non-hydrogen) atoms. The summed E-state index contributed by atoms with van der Waals surface area (Å²) in [4.78, 5) is 13.9. The van der Waals surface area contributed by atoms with Gasteiger partial charge in [-0.15, -0.1) is 0 Å². The Hall–Kier alpha value is -2.22. The zero-order valence-corrected chi connectivity index (χ0v) is 16.1. The second-order valence-electron chi connectivity index (χ2n) is 6.55. The SMILES string of the molecule is CCc1ccc(N2CC(CNS(=O)(=O)Cc3ccccc3)OCC2=O)cc1. The van der Waals surface area contributed by atoms with Crippen LogP contribution in [0.2, 0.25) is 0 Å². The Morgan fingerprint density at radius 3 is 2.44 bits per heavy atom. The average molecular weight is 388 g/mol. The van der Waals surface area contributed by atoms with Gasteiger partial charge in [-0.05, 0) is 29.7 Å². The van der Waals surface area contributed by atoms with Crippen LogP contribution in [0.5, 0.6) is 0 Å². The summed E-state index contributed by atoms with van der Waals surface area (Å²) in [5.74, 6) is -0.204. The van der Waals surface area contributed by atoms with Crippen molar-refractivity contribution in [2.24, 2.45) is 0 Å². The molecule has 3 rings (SSSR count). The standard InChI is InChI=1S/C20H24N2O4S/c1-2-16-8-10-18(11-9-16)22-13-19(26-14-20(22)23)12-21-27(24,25)15-17-6-4-3-5-7-17/h3-11,19,21H,2,12-15H2,1H3.